The molecule has 1 saturated heterocycles. The highest BCUT2D eigenvalue weighted by Crippen LogP contribution is 2.25. The van der Waals surface area contributed by atoms with Crippen molar-refractivity contribution in [3.8, 4) is 0 Å². The van der Waals surface area contributed by atoms with E-state index in [0.717, 1.165) is 13.0 Å². The Morgan fingerprint density at radius 3 is 2.17 bits per heavy atom. The van der Waals surface area contributed by atoms with Crippen molar-refractivity contribution in [3.05, 3.63) is 71.8 Å². The van der Waals surface area contributed by atoms with Crippen molar-refractivity contribution >= 4 is 0 Å². The first-order valence-electron chi connectivity index (χ1n) is 8.25. The molecule has 2 aromatic carbocycles. The Labute approximate surface area is 138 Å². The summed E-state index contributed by atoms with van der Waals surface area (Å²) in [5.41, 5.74) is 2.59. The zero-order valence-electron chi connectivity index (χ0n) is 13.9. The lowest BCUT2D eigenvalue weighted by molar-refractivity contribution is -0.141. The molecule has 0 unspecified atom stereocenters. The van der Waals surface area contributed by atoms with E-state index in [0.29, 0.717) is 6.61 Å². The van der Waals surface area contributed by atoms with Crippen molar-refractivity contribution in [2.24, 2.45) is 0 Å². The molecule has 0 amide bonds. The summed E-state index contributed by atoms with van der Waals surface area (Å²) in [5, 5.41) is 3.66. The third-order valence-corrected chi connectivity index (χ3v) is 4.19. The lowest BCUT2D eigenvalue weighted by atomic mass is 10.0. The van der Waals surface area contributed by atoms with Gasteiger partial charge in [-0.1, -0.05) is 60.7 Å². The van der Waals surface area contributed by atoms with Crippen LogP contribution >= 0.6 is 0 Å². The van der Waals surface area contributed by atoms with E-state index in [1.54, 1.807) is 0 Å². The zero-order valence-corrected chi connectivity index (χ0v) is 13.9. The van der Waals surface area contributed by atoms with Crippen LogP contribution in [0.1, 0.15) is 25.0 Å². The zero-order chi connectivity index (χ0) is 16.1. The van der Waals surface area contributed by atoms with Crippen molar-refractivity contribution in [2.75, 3.05) is 6.61 Å². The number of nitrogens with one attached hydrogen (secondary N) is 1. The molecule has 1 aliphatic heterocycles. The highest BCUT2D eigenvalue weighted by Gasteiger charge is 2.37. The molecule has 0 spiro atoms. The molecule has 3 heteroatoms. The standard InChI is InChI=1S/C20H25NO2/c1-20(2)22-15-19(23-20)18(13-16-9-5-3-6-10-16)21-14-17-11-7-4-8-12-17/h3-12,18-19,21H,13-15H2,1-2H3/t18-,19+/m0/s1. The minimum Gasteiger partial charge on any atom is -0.348 e. The molecule has 0 saturated carbocycles. The number of hydrogen-bond acceptors (Lipinski definition) is 3. The van der Waals surface area contributed by atoms with Crippen molar-refractivity contribution in [3.63, 3.8) is 0 Å². The van der Waals surface area contributed by atoms with Crippen LogP contribution in [0.2, 0.25) is 0 Å². The summed E-state index contributed by atoms with van der Waals surface area (Å²) in [5.74, 6) is -0.492. The molecular weight excluding hydrogens is 286 g/mol. The Bertz CT molecular complexity index is 598. The quantitative estimate of drug-likeness (QED) is 0.885. The van der Waals surface area contributed by atoms with Crippen molar-refractivity contribution in [2.45, 2.75) is 44.7 Å². The first-order chi connectivity index (χ1) is 11.1. The fraction of sp³-hybridized carbons (Fsp3) is 0.400. The molecule has 0 radical (unpaired) electrons. The molecule has 23 heavy (non-hydrogen) atoms. The van der Waals surface area contributed by atoms with Crippen LogP contribution in [0.4, 0.5) is 0 Å². The average molecular weight is 311 g/mol. The van der Waals surface area contributed by atoms with E-state index >= 15 is 0 Å². The summed E-state index contributed by atoms with van der Waals surface area (Å²) in [4.78, 5) is 0. The van der Waals surface area contributed by atoms with Crippen LogP contribution < -0.4 is 5.32 Å². The smallest absolute Gasteiger partial charge is 0.163 e. The maximum atomic E-state index is 6.09. The number of rotatable bonds is 6. The van der Waals surface area contributed by atoms with E-state index in [-0.39, 0.29) is 12.1 Å². The van der Waals surface area contributed by atoms with Gasteiger partial charge in [-0.3, -0.25) is 0 Å². The Morgan fingerprint density at radius 2 is 1.61 bits per heavy atom. The highest BCUT2D eigenvalue weighted by molar-refractivity contribution is 5.18. The summed E-state index contributed by atoms with van der Waals surface area (Å²) in [6.45, 7) is 5.42. The van der Waals surface area contributed by atoms with Gasteiger partial charge in [-0.2, -0.15) is 0 Å². The molecule has 0 bridgehead atoms. The van der Waals surface area contributed by atoms with Gasteiger partial charge in [0.25, 0.3) is 0 Å². The van der Waals surface area contributed by atoms with E-state index in [2.05, 4.69) is 53.8 Å². The van der Waals surface area contributed by atoms with Gasteiger partial charge in [-0.05, 0) is 31.4 Å². The van der Waals surface area contributed by atoms with E-state index in [9.17, 15) is 0 Å². The highest BCUT2D eigenvalue weighted by atomic mass is 16.7. The van der Waals surface area contributed by atoms with Gasteiger partial charge in [-0.25, -0.2) is 0 Å². The fourth-order valence-corrected chi connectivity index (χ4v) is 2.96. The first-order valence-corrected chi connectivity index (χ1v) is 8.25. The maximum absolute atomic E-state index is 6.09. The van der Waals surface area contributed by atoms with Crippen LogP contribution in [-0.4, -0.2) is 24.5 Å². The van der Waals surface area contributed by atoms with Gasteiger partial charge in [0.1, 0.15) is 0 Å². The molecule has 2 atom stereocenters. The van der Waals surface area contributed by atoms with E-state index in [4.69, 9.17) is 9.47 Å². The fourth-order valence-electron chi connectivity index (χ4n) is 2.96. The topological polar surface area (TPSA) is 30.5 Å². The number of ether oxygens (including phenoxy) is 2. The second-order valence-corrected chi connectivity index (χ2v) is 6.53. The molecule has 0 aliphatic carbocycles. The van der Waals surface area contributed by atoms with Crippen LogP contribution in [0.5, 0.6) is 0 Å². The minimum absolute atomic E-state index is 0.0638. The van der Waals surface area contributed by atoms with E-state index in [1.165, 1.54) is 11.1 Å². The second kappa shape index (κ2) is 7.26. The minimum atomic E-state index is -0.492. The van der Waals surface area contributed by atoms with E-state index in [1.807, 2.05) is 26.0 Å². The maximum Gasteiger partial charge on any atom is 0.163 e. The first kappa shape index (κ1) is 16.2. The SMILES string of the molecule is CC1(C)OC[C@H]([C@H](Cc2ccccc2)NCc2ccccc2)O1. The Balaban J connectivity index is 1.68. The van der Waals surface area contributed by atoms with Crippen LogP contribution in [0.15, 0.2) is 60.7 Å². The summed E-state index contributed by atoms with van der Waals surface area (Å²) >= 11 is 0. The van der Waals surface area contributed by atoms with Gasteiger partial charge in [0.2, 0.25) is 0 Å². The Hall–Kier alpha value is -1.68. The van der Waals surface area contributed by atoms with Gasteiger partial charge in [-0.15, -0.1) is 0 Å². The molecule has 0 aromatic heterocycles. The monoisotopic (exact) mass is 311 g/mol. The molecule has 1 fully saturated rings. The number of benzene rings is 2. The van der Waals surface area contributed by atoms with Crippen LogP contribution in [-0.2, 0) is 22.4 Å². The van der Waals surface area contributed by atoms with Crippen LogP contribution in [0.25, 0.3) is 0 Å². The molecule has 1 aliphatic rings. The second-order valence-electron chi connectivity index (χ2n) is 6.53. The summed E-state index contributed by atoms with van der Waals surface area (Å²) in [6, 6.07) is 21.2. The third-order valence-electron chi connectivity index (χ3n) is 4.19. The van der Waals surface area contributed by atoms with Gasteiger partial charge in [0, 0.05) is 12.6 Å². The lowest BCUT2D eigenvalue weighted by Crippen LogP contribution is -2.43. The van der Waals surface area contributed by atoms with E-state index < -0.39 is 5.79 Å². The third kappa shape index (κ3) is 4.64. The normalized spacial score (nSPS) is 21.2. The largest absolute Gasteiger partial charge is 0.348 e. The molecule has 2 aromatic rings. The molecule has 1 heterocycles. The van der Waals surface area contributed by atoms with Crippen molar-refractivity contribution in [1.29, 1.82) is 0 Å². The summed E-state index contributed by atoms with van der Waals surface area (Å²) < 4.78 is 11.8. The summed E-state index contributed by atoms with van der Waals surface area (Å²) in [6.07, 6.45) is 0.992. The van der Waals surface area contributed by atoms with Gasteiger partial charge < -0.3 is 14.8 Å². The van der Waals surface area contributed by atoms with Gasteiger partial charge >= 0.3 is 0 Å². The predicted molar refractivity (Wildman–Crippen MR) is 92.1 cm³/mol. The van der Waals surface area contributed by atoms with Gasteiger partial charge in [0.15, 0.2) is 5.79 Å². The van der Waals surface area contributed by atoms with Gasteiger partial charge in [0.05, 0.1) is 12.7 Å². The Kier molecular flexibility index (Phi) is 5.11. The van der Waals surface area contributed by atoms with Crippen LogP contribution in [0.3, 0.4) is 0 Å². The number of hydrogen-bond donors (Lipinski definition) is 1. The molecule has 1 N–H and O–H groups in total. The van der Waals surface area contributed by atoms with Crippen molar-refractivity contribution < 1.29 is 9.47 Å². The molecule has 122 valence electrons. The Morgan fingerprint density at radius 1 is 1.00 bits per heavy atom. The molecule has 3 nitrogen and oxygen atoms in total. The molecule has 3 rings (SSSR count). The predicted octanol–water partition coefficient (Wildman–Crippen LogP) is 3.54. The summed E-state index contributed by atoms with van der Waals surface area (Å²) in [7, 11) is 0. The average Bonchev–Trinajstić information content (AvgIpc) is 2.93. The van der Waals surface area contributed by atoms with Crippen LogP contribution in [0, 0.1) is 0 Å². The molecular formula is C20H25NO2. The van der Waals surface area contributed by atoms with Crippen molar-refractivity contribution in [1.82, 2.24) is 5.32 Å². The lowest BCUT2D eigenvalue weighted by Gasteiger charge is -2.25.